The monoisotopic (exact) mass is 242 g/mol. The molecule has 1 N–H and O–H groups in total. The Hall–Kier alpha value is -1.81. The van der Waals surface area contributed by atoms with E-state index in [1.54, 1.807) is 6.20 Å². The first-order chi connectivity index (χ1) is 8.24. The van der Waals surface area contributed by atoms with Crippen molar-refractivity contribution >= 4 is 23.4 Å². The first kappa shape index (κ1) is 10.4. The number of hydrogen-bond donors (Lipinski definition) is 1. The summed E-state index contributed by atoms with van der Waals surface area (Å²) in [5, 5.41) is 3.72. The van der Waals surface area contributed by atoms with Gasteiger partial charge in [-0.1, -0.05) is 23.4 Å². The number of anilines is 1. The molecule has 0 aliphatic carbocycles. The van der Waals surface area contributed by atoms with E-state index >= 15 is 0 Å². The van der Waals surface area contributed by atoms with Gasteiger partial charge in [0, 0.05) is 11.1 Å². The number of pyridine rings is 1. The lowest BCUT2D eigenvalue weighted by atomic mass is 10.1. The van der Waals surface area contributed by atoms with Crippen LogP contribution < -0.4 is 5.32 Å². The number of amides is 1. The van der Waals surface area contributed by atoms with Gasteiger partial charge < -0.3 is 5.32 Å². The summed E-state index contributed by atoms with van der Waals surface area (Å²) >= 11 is 1.52. The number of rotatable bonds is 0. The van der Waals surface area contributed by atoms with Crippen molar-refractivity contribution < 1.29 is 4.79 Å². The summed E-state index contributed by atoms with van der Waals surface area (Å²) in [6.45, 7) is 1.98. The molecule has 4 heteroatoms. The molecule has 0 fully saturated rings. The maximum absolute atomic E-state index is 12.1. The van der Waals surface area contributed by atoms with E-state index in [2.05, 4.69) is 10.3 Å². The topological polar surface area (TPSA) is 42.0 Å². The molecule has 1 amide bonds. The summed E-state index contributed by atoms with van der Waals surface area (Å²) in [6, 6.07) is 9.57. The molecule has 1 aliphatic rings. The van der Waals surface area contributed by atoms with Crippen LogP contribution in [-0.4, -0.2) is 10.9 Å². The maximum atomic E-state index is 12.1. The average Bonchev–Trinajstić information content (AvgIpc) is 2.46. The van der Waals surface area contributed by atoms with Gasteiger partial charge >= 0.3 is 0 Å². The molecule has 3 rings (SSSR count). The summed E-state index contributed by atoms with van der Waals surface area (Å²) in [4.78, 5) is 17.3. The zero-order valence-corrected chi connectivity index (χ0v) is 10.0. The van der Waals surface area contributed by atoms with Gasteiger partial charge in [0.05, 0.1) is 11.3 Å². The molecule has 17 heavy (non-hydrogen) atoms. The Morgan fingerprint density at radius 3 is 3.06 bits per heavy atom. The standard InChI is InChI=1S/C13H10N2OS/c1-8-4-5-11-9(7-8)12(16)15-10-3-2-6-14-13(10)17-11/h2-7H,1H3,(H,15,16). The summed E-state index contributed by atoms with van der Waals surface area (Å²) < 4.78 is 0. The van der Waals surface area contributed by atoms with E-state index in [1.165, 1.54) is 11.8 Å². The van der Waals surface area contributed by atoms with E-state index in [0.29, 0.717) is 5.56 Å². The van der Waals surface area contributed by atoms with Gasteiger partial charge in [-0.25, -0.2) is 4.98 Å². The summed E-state index contributed by atoms with van der Waals surface area (Å²) in [5.41, 5.74) is 2.57. The molecular formula is C13H10N2OS. The highest BCUT2D eigenvalue weighted by atomic mass is 32.2. The van der Waals surface area contributed by atoms with Crippen LogP contribution in [0.4, 0.5) is 5.69 Å². The maximum Gasteiger partial charge on any atom is 0.256 e. The molecule has 1 aromatic carbocycles. The number of carbonyl (C=O) groups excluding carboxylic acids is 1. The van der Waals surface area contributed by atoms with Gasteiger partial charge in [-0.15, -0.1) is 0 Å². The number of aromatic nitrogens is 1. The third-order valence-corrected chi connectivity index (χ3v) is 3.70. The van der Waals surface area contributed by atoms with Crippen molar-refractivity contribution in [3.8, 4) is 0 Å². The normalized spacial score (nSPS) is 13.4. The van der Waals surface area contributed by atoms with Gasteiger partial charge in [0.15, 0.2) is 0 Å². The Morgan fingerprint density at radius 1 is 1.29 bits per heavy atom. The first-order valence-electron chi connectivity index (χ1n) is 5.29. The van der Waals surface area contributed by atoms with Crippen molar-refractivity contribution in [1.82, 2.24) is 4.98 Å². The van der Waals surface area contributed by atoms with Crippen LogP contribution in [0.2, 0.25) is 0 Å². The van der Waals surface area contributed by atoms with Crippen molar-refractivity contribution in [1.29, 1.82) is 0 Å². The van der Waals surface area contributed by atoms with Crippen LogP contribution in [0.1, 0.15) is 15.9 Å². The van der Waals surface area contributed by atoms with Crippen LogP contribution in [-0.2, 0) is 0 Å². The molecule has 2 aromatic rings. The second-order valence-corrected chi connectivity index (χ2v) is 4.94. The van der Waals surface area contributed by atoms with Crippen LogP contribution in [0.25, 0.3) is 0 Å². The van der Waals surface area contributed by atoms with Crippen LogP contribution in [0.15, 0.2) is 46.5 Å². The number of aryl methyl sites for hydroxylation is 1. The summed E-state index contributed by atoms with van der Waals surface area (Å²) in [5.74, 6) is -0.0667. The fourth-order valence-electron chi connectivity index (χ4n) is 1.77. The van der Waals surface area contributed by atoms with Crippen molar-refractivity contribution in [2.24, 2.45) is 0 Å². The smallest absolute Gasteiger partial charge is 0.256 e. The molecule has 0 unspecified atom stereocenters. The molecule has 1 aromatic heterocycles. The lowest BCUT2D eigenvalue weighted by Crippen LogP contribution is -2.11. The fraction of sp³-hybridized carbons (Fsp3) is 0.0769. The van der Waals surface area contributed by atoms with Crippen LogP contribution in [0.5, 0.6) is 0 Å². The molecule has 2 heterocycles. The lowest BCUT2D eigenvalue weighted by Gasteiger charge is -2.04. The zero-order valence-electron chi connectivity index (χ0n) is 9.23. The second kappa shape index (κ2) is 3.89. The quantitative estimate of drug-likeness (QED) is 0.771. The Labute approximate surface area is 103 Å². The van der Waals surface area contributed by atoms with Crippen molar-refractivity contribution in [2.45, 2.75) is 16.8 Å². The highest BCUT2D eigenvalue weighted by Crippen LogP contribution is 2.37. The summed E-state index contributed by atoms with van der Waals surface area (Å²) in [7, 11) is 0. The number of fused-ring (bicyclic) bond motifs is 2. The molecule has 0 atom stereocenters. The Morgan fingerprint density at radius 2 is 2.18 bits per heavy atom. The lowest BCUT2D eigenvalue weighted by molar-refractivity contribution is 0.102. The average molecular weight is 242 g/mol. The number of hydrogen-bond acceptors (Lipinski definition) is 3. The molecule has 0 bridgehead atoms. The van der Waals surface area contributed by atoms with Gasteiger partial charge in [-0.3, -0.25) is 4.79 Å². The molecule has 0 spiro atoms. The van der Waals surface area contributed by atoms with Crippen LogP contribution in [0, 0.1) is 6.92 Å². The second-order valence-electron chi connectivity index (χ2n) is 3.91. The van der Waals surface area contributed by atoms with E-state index in [-0.39, 0.29) is 5.91 Å². The van der Waals surface area contributed by atoms with Gasteiger partial charge in [0.25, 0.3) is 5.91 Å². The first-order valence-corrected chi connectivity index (χ1v) is 6.10. The SMILES string of the molecule is Cc1ccc2c(c1)C(=O)Nc1cccnc1S2. The molecule has 84 valence electrons. The Bertz CT molecular complexity index is 610. The predicted octanol–water partition coefficient (Wildman–Crippen LogP) is 3.11. The third-order valence-electron chi connectivity index (χ3n) is 2.61. The van der Waals surface area contributed by atoms with Gasteiger partial charge in [0.2, 0.25) is 0 Å². The predicted molar refractivity (Wildman–Crippen MR) is 67.5 cm³/mol. The van der Waals surface area contributed by atoms with E-state index in [0.717, 1.165) is 21.2 Å². The molecular weight excluding hydrogens is 232 g/mol. The van der Waals surface area contributed by atoms with Gasteiger partial charge in [-0.2, -0.15) is 0 Å². The van der Waals surface area contributed by atoms with Crippen molar-refractivity contribution in [3.63, 3.8) is 0 Å². The largest absolute Gasteiger partial charge is 0.320 e. The highest BCUT2D eigenvalue weighted by Gasteiger charge is 2.20. The van der Waals surface area contributed by atoms with E-state index in [1.807, 2.05) is 37.3 Å². The summed E-state index contributed by atoms with van der Waals surface area (Å²) in [6.07, 6.45) is 1.73. The number of nitrogens with one attached hydrogen (secondary N) is 1. The molecule has 0 saturated carbocycles. The molecule has 0 saturated heterocycles. The fourth-order valence-corrected chi connectivity index (χ4v) is 2.72. The number of nitrogens with zero attached hydrogens (tertiary/aromatic N) is 1. The number of carbonyl (C=O) groups is 1. The highest BCUT2D eigenvalue weighted by molar-refractivity contribution is 7.99. The van der Waals surface area contributed by atoms with Crippen LogP contribution >= 0.6 is 11.8 Å². The van der Waals surface area contributed by atoms with E-state index in [4.69, 9.17) is 0 Å². The van der Waals surface area contributed by atoms with Crippen molar-refractivity contribution in [2.75, 3.05) is 5.32 Å². The van der Waals surface area contributed by atoms with E-state index in [9.17, 15) is 4.79 Å². The molecule has 3 nitrogen and oxygen atoms in total. The third kappa shape index (κ3) is 1.80. The Kier molecular flexibility index (Phi) is 2.37. The minimum absolute atomic E-state index is 0.0667. The van der Waals surface area contributed by atoms with Crippen molar-refractivity contribution in [3.05, 3.63) is 47.7 Å². The molecule has 0 radical (unpaired) electrons. The van der Waals surface area contributed by atoms with Gasteiger partial charge in [-0.05, 0) is 31.2 Å². The van der Waals surface area contributed by atoms with Crippen LogP contribution in [0.3, 0.4) is 0 Å². The zero-order chi connectivity index (χ0) is 11.8. The molecule has 1 aliphatic heterocycles. The minimum Gasteiger partial charge on any atom is -0.320 e. The van der Waals surface area contributed by atoms with E-state index < -0.39 is 0 Å². The number of benzene rings is 1. The minimum atomic E-state index is -0.0667. The Balaban J connectivity index is 2.17. The van der Waals surface area contributed by atoms with Gasteiger partial charge in [0.1, 0.15) is 5.03 Å².